The van der Waals surface area contributed by atoms with E-state index in [-0.39, 0.29) is 0 Å². The monoisotopic (exact) mass is 246 g/mol. The van der Waals surface area contributed by atoms with Crippen molar-refractivity contribution in [3.63, 3.8) is 0 Å². The van der Waals surface area contributed by atoms with E-state index in [2.05, 4.69) is 12.2 Å². The SMILES string of the molecule is NC1(N)C=CC(CCC2=CCC(N)(N)C=C2)=CC1. The van der Waals surface area contributed by atoms with E-state index in [1.54, 1.807) is 0 Å². The van der Waals surface area contributed by atoms with Crippen molar-refractivity contribution < 1.29 is 0 Å². The molecule has 0 aromatic heterocycles. The van der Waals surface area contributed by atoms with Crippen LogP contribution in [0.4, 0.5) is 0 Å². The Morgan fingerprint density at radius 3 is 1.44 bits per heavy atom. The second-order valence-corrected chi connectivity index (χ2v) is 5.36. The molecule has 4 heteroatoms. The van der Waals surface area contributed by atoms with E-state index in [0.717, 1.165) is 12.8 Å². The highest BCUT2D eigenvalue weighted by molar-refractivity contribution is 5.32. The quantitative estimate of drug-likeness (QED) is 0.552. The smallest absolute Gasteiger partial charge is 0.0867 e. The molecule has 0 bridgehead atoms. The third-order valence-corrected chi connectivity index (χ3v) is 3.35. The number of nitrogens with two attached hydrogens (primary N) is 4. The number of allylic oxidation sites excluding steroid dienone is 4. The van der Waals surface area contributed by atoms with E-state index in [4.69, 9.17) is 22.9 Å². The second-order valence-electron chi connectivity index (χ2n) is 5.36. The normalized spacial score (nSPS) is 24.7. The minimum atomic E-state index is -0.674. The summed E-state index contributed by atoms with van der Waals surface area (Å²) in [4.78, 5) is 0. The molecule has 8 N–H and O–H groups in total. The Morgan fingerprint density at radius 1 is 0.778 bits per heavy atom. The maximum atomic E-state index is 5.80. The van der Waals surface area contributed by atoms with Crippen LogP contribution in [0, 0.1) is 0 Å². The first-order chi connectivity index (χ1) is 8.36. The Kier molecular flexibility index (Phi) is 3.54. The molecular formula is C14H22N4. The molecule has 0 atom stereocenters. The Hall–Kier alpha value is -1.20. The molecule has 2 rings (SSSR count). The Labute approximate surface area is 108 Å². The summed E-state index contributed by atoms with van der Waals surface area (Å²) in [5.41, 5.74) is 24.4. The van der Waals surface area contributed by atoms with Crippen molar-refractivity contribution >= 4 is 0 Å². The van der Waals surface area contributed by atoms with E-state index in [1.807, 2.05) is 24.3 Å². The maximum absolute atomic E-state index is 5.80. The van der Waals surface area contributed by atoms with Gasteiger partial charge in [0.15, 0.2) is 0 Å². The lowest BCUT2D eigenvalue weighted by molar-refractivity contribution is 0.549. The van der Waals surface area contributed by atoms with E-state index in [9.17, 15) is 0 Å². The molecule has 0 amide bonds. The van der Waals surface area contributed by atoms with Crippen LogP contribution in [0.1, 0.15) is 25.7 Å². The predicted molar refractivity (Wildman–Crippen MR) is 75.1 cm³/mol. The first kappa shape index (κ1) is 13.2. The Bertz CT molecular complexity index is 397. The van der Waals surface area contributed by atoms with Crippen molar-refractivity contribution in [1.29, 1.82) is 0 Å². The van der Waals surface area contributed by atoms with Gasteiger partial charge in [-0.25, -0.2) is 0 Å². The summed E-state index contributed by atoms with van der Waals surface area (Å²) in [6.45, 7) is 0. The summed E-state index contributed by atoms with van der Waals surface area (Å²) in [6, 6.07) is 0. The van der Waals surface area contributed by atoms with Crippen molar-refractivity contribution in [1.82, 2.24) is 0 Å². The lowest BCUT2D eigenvalue weighted by Gasteiger charge is -2.24. The zero-order chi connectivity index (χ0) is 13.2. The molecule has 18 heavy (non-hydrogen) atoms. The summed E-state index contributed by atoms with van der Waals surface area (Å²) >= 11 is 0. The van der Waals surface area contributed by atoms with Gasteiger partial charge in [-0.2, -0.15) is 0 Å². The summed E-state index contributed by atoms with van der Waals surface area (Å²) in [5.74, 6) is 0. The van der Waals surface area contributed by atoms with Crippen LogP contribution in [0.3, 0.4) is 0 Å². The van der Waals surface area contributed by atoms with Crippen molar-refractivity contribution in [3.05, 3.63) is 47.6 Å². The van der Waals surface area contributed by atoms with Crippen molar-refractivity contribution in [2.24, 2.45) is 22.9 Å². The van der Waals surface area contributed by atoms with Crippen molar-refractivity contribution in [2.75, 3.05) is 0 Å². The molecule has 98 valence electrons. The predicted octanol–water partition coefficient (Wildman–Crippen LogP) is 0.767. The standard InChI is InChI=1S/C14H22N4/c15-13(16)7-3-11(4-8-13)1-2-12-5-9-14(17,18)10-6-12/h3-7,9H,1-2,8,10,15-18H2. The van der Waals surface area contributed by atoms with Gasteiger partial charge in [-0.3, -0.25) is 0 Å². The fourth-order valence-corrected chi connectivity index (χ4v) is 2.07. The fraction of sp³-hybridized carbons (Fsp3) is 0.429. The van der Waals surface area contributed by atoms with Crippen LogP contribution in [0.2, 0.25) is 0 Å². The average Bonchev–Trinajstić information content (AvgIpc) is 2.29. The zero-order valence-electron chi connectivity index (χ0n) is 10.6. The van der Waals surface area contributed by atoms with Gasteiger partial charge >= 0.3 is 0 Å². The van der Waals surface area contributed by atoms with Gasteiger partial charge in [-0.15, -0.1) is 0 Å². The highest BCUT2D eigenvalue weighted by Gasteiger charge is 2.18. The van der Waals surface area contributed by atoms with Gasteiger partial charge in [0.1, 0.15) is 0 Å². The van der Waals surface area contributed by atoms with Crippen LogP contribution in [0.5, 0.6) is 0 Å². The summed E-state index contributed by atoms with van der Waals surface area (Å²) < 4.78 is 0. The van der Waals surface area contributed by atoms with Crippen LogP contribution < -0.4 is 22.9 Å². The van der Waals surface area contributed by atoms with Gasteiger partial charge in [0.2, 0.25) is 0 Å². The van der Waals surface area contributed by atoms with Crippen LogP contribution >= 0.6 is 0 Å². The molecular weight excluding hydrogens is 224 g/mol. The van der Waals surface area contributed by atoms with Gasteiger partial charge < -0.3 is 22.9 Å². The van der Waals surface area contributed by atoms with E-state index < -0.39 is 11.3 Å². The molecule has 4 nitrogen and oxygen atoms in total. The maximum Gasteiger partial charge on any atom is 0.0867 e. The van der Waals surface area contributed by atoms with E-state index >= 15 is 0 Å². The molecule has 0 radical (unpaired) electrons. The van der Waals surface area contributed by atoms with Crippen LogP contribution in [-0.2, 0) is 0 Å². The highest BCUT2D eigenvalue weighted by atomic mass is 14.9. The first-order valence-electron chi connectivity index (χ1n) is 6.28. The van der Waals surface area contributed by atoms with E-state index in [1.165, 1.54) is 11.1 Å². The second kappa shape index (κ2) is 4.82. The van der Waals surface area contributed by atoms with Gasteiger partial charge in [-0.05, 0) is 25.0 Å². The molecule has 0 aromatic rings. The van der Waals surface area contributed by atoms with Gasteiger partial charge in [0.05, 0.1) is 11.3 Å². The molecule has 0 fully saturated rings. The molecule has 2 aliphatic carbocycles. The lowest BCUT2D eigenvalue weighted by atomic mass is 9.92. The summed E-state index contributed by atoms with van der Waals surface area (Å²) in [5, 5.41) is 0. The molecule has 0 saturated heterocycles. The summed E-state index contributed by atoms with van der Waals surface area (Å²) in [7, 11) is 0. The zero-order valence-corrected chi connectivity index (χ0v) is 10.6. The summed E-state index contributed by atoms with van der Waals surface area (Å²) in [6.07, 6.45) is 15.4. The van der Waals surface area contributed by atoms with E-state index in [0.29, 0.717) is 12.8 Å². The van der Waals surface area contributed by atoms with Crippen LogP contribution in [0.15, 0.2) is 47.6 Å². The minimum Gasteiger partial charge on any atom is -0.310 e. The molecule has 2 aliphatic rings. The molecule has 0 aromatic carbocycles. The van der Waals surface area contributed by atoms with Gasteiger partial charge in [-0.1, -0.05) is 35.5 Å². The van der Waals surface area contributed by atoms with Gasteiger partial charge in [0.25, 0.3) is 0 Å². The largest absolute Gasteiger partial charge is 0.310 e. The highest BCUT2D eigenvalue weighted by Crippen LogP contribution is 2.23. The topological polar surface area (TPSA) is 104 Å². The number of rotatable bonds is 3. The third-order valence-electron chi connectivity index (χ3n) is 3.35. The van der Waals surface area contributed by atoms with Gasteiger partial charge in [0, 0.05) is 12.8 Å². The minimum absolute atomic E-state index is 0.674. The third kappa shape index (κ3) is 3.65. The lowest BCUT2D eigenvalue weighted by Crippen LogP contribution is -2.47. The van der Waals surface area contributed by atoms with Crippen molar-refractivity contribution in [3.8, 4) is 0 Å². The fourth-order valence-electron chi connectivity index (χ4n) is 2.07. The molecule has 0 saturated carbocycles. The Balaban J connectivity index is 1.84. The molecule has 0 unspecified atom stereocenters. The first-order valence-corrected chi connectivity index (χ1v) is 6.28. The Morgan fingerprint density at radius 2 is 1.17 bits per heavy atom. The average molecular weight is 246 g/mol. The van der Waals surface area contributed by atoms with Crippen molar-refractivity contribution in [2.45, 2.75) is 37.0 Å². The molecule has 0 heterocycles. The molecule has 0 spiro atoms. The number of hydrogen-bond donors (Lipinski definition) is 4. The van der Waals surface area contributed by atoms with Crippen LogP contribution in [0.25, 0.3) is 0 Å². The molecule has 0 aliphatic heterocycles. The number of hydrogen-bond acceptors (Lipinski definition) is 4. The van der Waals surface area contributed by atoms with Crippen LogP contribution in [-0.4, -0.2) is 11.3 Å².